The van der Waals surface area contributed by atoms with Crippen LogP contribution in [0.3, 0.4) is 0 Å². The van der Waals surface area contributed by atoms with Gasteiger partial charge in [-0.2, -0.15) is 0 Å². The molecule has 2 amide bonds. The van der Waals surface area contributed by atoms with Crippen molar-refractivity contribution in [3.63, 3.8) is 0 Å². The van der Waals surface area contributed by atoms with E-state index in [-0.39, 0.29) is 12.1 Å². The van der Waals surface area contributed by atoms with Crippen molar-refractivity contribution < 1.29 is 14.3 Å². The van der Waals surface area contributed by atoms with Crippen LogP contribution in [0.1, 0.15) is 38.3 Å². The Labute approximate surface area is 118 Å². The molecule has 1 saturated heterocycles. The van der Waals surface area contributed by atoms with Gasteiger partial charge in [-0.1, -0.05) is 6.92 Å². The second kappa shape index (κ2) is 4.58. The molecule has 20 heavy (non-hydrogen) atoms. The molecule has 2 heterocycles. The molecule has 1 aromatic rings. The monoisotopic (exact) mass is 276 g/mol. The quantitative estimate of drug-likeness (QED) is 0.923. The molecule has 0 aliphatic carbocycles. The number of hydrogen-bond acceptors (Lipinski definition) is 3. The first kappa shape index (κ1) is 13.1. The summed E-state index contributed by atoms with van der Waals surface area (Å²) in [4.78, 5) is 13.6. The third-order valence-corrected chi connectivity index (χ3v) is 4.06. The average Bonchev–Trinajstić information content (AvgIpc) is 2.42. The van der Waals surface area contributed by atoms with Gasteiger partial charge in [0.1, 0.15) is 11.5 Å². The van der Waals surface area contributed by atoms with Gasteiger partial charge in [0.15, 0.2) is 5.72 Å². The first-order valence-electron chi connectivity index (χ1n) is 7.03. The molecule has 5 nitrogen and oxygen atoms in total. The van der Waals surface area contributed by atoms with Crippen molar-refractivity contribution in [3.8, 4) is 11.5 Å². The van der Waals surface area contributed by atoms with E-state index in [0.29, 0.717) is 6.61 Å². The van der Waals surface area contributed by atoms with E-state index in [0.717, 1.165) is 29.9 Å². The molecule has 108 valence electrons. The molecule has 0 saturated carbocycles. The van der Waals surface area contributed by atoms with Gasteiger partial charge in [-0.3, -0.25) is 4.90 Å². The number of fused-ring (bicyclic) bond motifs is 4. The number of benzene rings is 1. The minimum atomic E-state index is -0.594. The Morgan fingerprint density at radius 1 is 1.55 bits per heavy atom. The first-order chi connectivity index (χ1) is 9.53. The van der Waals surface area contributed by atoms with E-state index in [9.17, 15) is 4.79 Å². The lowest BCUT2D eigenvalue weighted by Gasteiger charge is -2.49. The zero-order valence-electron chi connectivity index (χ0n) is 12.1. The maximum atomic E-state index is 11.9. The standard InChI is InChI=1S/C15H20N2O3/c1-4-7-19-10-5-6-11-12-9-15(2,20-13(11)8-10)17(3)14(18)16-12/h5-6,8,12H,4,7,9H2,1-3H3,(H,16,18). The normalized spacial score (nSPS) is 27.4. The number of nitrogens with one attached hydrogen (secondary N) is 1. The van der Waals surface area contributed by atoms with Crippen molar-refractivity contribution >= 4 is 6.03 Å². The summed E-state index contributed by atoms with van der Waals surface area (Å²) in [6.45, 7) is 4.71. The molecule has 1 N–H and O–H groups in total. The van der Waals surface area contributed by atoms with E-state index < -0.39 is 5.72 Å². The van der Waals surface area contributed by atoms with Crippen LogP contribution >= 0.6 is 0 Å². The predicted octanol–water partition coefficient (Wildman–Crippen LogP) is 2.67. The lowest BCUT2D eigenvalue weighted by atomic mass is 9.91. The number of carbonyl (C=O) groups is 1. The van der Waals surface area contributed by atoms with Gasteiger partial charge in [-0.15, -0.1) is 0 Å². The number of carbonyl (C=O) groups excluding carboxylic acids is 1. The Bertz CT molecular complexity index is 546. The van der Waals surface area contributed by atoms with Gasteiger partial charge in [0.25, 0.3) is 0 Å². The third-order valence-electron chi connectivity index (χ3n) is 4.06. The van der Waals surface area contributed by atoms with Gasteiger partial charge < -0.3 is 14.8 Å². The van der Waals surface area contributed by atoms with Crippen LogP contribution < -0.4 is 14.8 Å². The topological polar surface area (TPSA) is 50.8 Å². The highest BCUT2D eigenvalue weighted by Gasteiger charge is 2.47. The molecule has 2 bridgehead atoms. The minimum Gasteiger partial charge on any atom is -0.493 e. The van der Waals surface area contributed by atoms with Crippen LogP contribution in [0, 0.1) is 0 Å². The van der Waals surface area contributed by atoms with E-state index in [1.807, 2.05) is 25.1 Å². The van der Waals surface area contributed by atoms with Crippen molar-refractivity contribution in [1.29, 1.82) is 0 Å². The number of urea groups is 1. The molecule has 2 unspecified atom stereocenters. The Hall–Kier alpha value is -1.91. The molecule has 5 heteroatoms. The summed E-state index contributed by atoms with van der Waals surface area (Å²) in [7, 11) is 1.76. The SMILES string of the molecule is CCCOc1ccc2c(c1)OC1(C)CC2NC(=O)N1C. The molecule has 1 aromatic carbocycles. The van der Waals surface area contributed by atoms with E-state index >= 15 is 0 Å². The number of amides is 2. The van der Waals surface area contributed by atoms with Gasteiger partial charge in [0.05, 0.1) is 12.6 Å². The van der Waals surface area contributed by atoms with Crippen LogP contribution in [0.4, 0.5) is 4.79 Å². The summed E-state index contributed by atoms with van der Waals surface area (Å²) >= 11 is 0. The second-order valence-corrected chi connectivity index (χ2v) is 5.59. The average molecular weight is 276 g/mol. The Morgan fingerprint density at radius 3 is 3.10 bits per heavy atom. The van der Waals surface area contributed by atoms with Gasteiger partial charge in [-0.05, 0) is 25.5 Å². The van der Waals surface area contributed by atoms with Crippen LogP contribution in [0.25, 0.3) is 0 Å². The van der Waals surface area contributed by atoms with Crippen LogP contribution in [0.15, 0.2) is 18.2 Å². The molecule has 2 aliphatic rings. The number of ether oxygens (including phenoxy) is 2. The van der Waals surface area contributed by atoms with Crippen molar-refractivity contribution in [2.24, 2.45) is 0 Å². The fourth-order valence-electron chi connectivity index (χ4n) is 2.76. The smallest absolute Gasteiger partial charge is 0.320 e. The van der Waals surface area contributed by atoms with E-state index in [2.05, 4.69) is 12.2 Å². The van der Waals surface area contributed by atoms with Crippen LogP contribution in [0.5, 0.6) is 11.5 Å². The highest BCUT2D eigenvalue weighted by molar-refractivity contribution is 5.77. The molecule has 2 atom stereocenters. The molecular weight excluding hydrogens is 256 g/mol. The Balaban J connectivity index is 1.94. The fourth-order valence-corrected chi connectivity index (χ4v) is 2.76. The molecule has 0 spiro atoms. The summed E-state index contributed by atoms with van der Waals surface area (Å²) < 4.78 is 11.7. The molecule has 1 fully saturated rings. The molecule has 2 aliphatic heterocycles. The van der Waals surface area contributed by atoms with Gasteiger partial charge in [0, 0.05) is 25.1 Å². The predicted molar refractivity (Wildman–Crippen MR) is 74.9 cm³/mol. The molecule has 0 radical (unpaired) electrons. The first-order valence-corrected chi connectivity index (χ1v) is 7.03. The number of nitrogens with zero attached hydrogens (tertiary/aromatic N) is 1. The van der Waals surface area contributed by atoms with E-state index in [4.69, 9.17) is 9.47 Å². The number of rotatable bonds is 3. The van der Waals surface area contributed by atoms with Crippen LogP contribution in [-0.2, 0) is 0 Å². The van der Waals surface area contributed by atoms with Crippen LogP contribution in [0.2, 0.25) is 0 Å². The third kappa shape index (κ3) is 1.97. The second-order valence-electron chi connectivity index (χ2n) is 5.59. The summed E-state index contributed by atoms with van der Waals surface area (Å²) in [6.07, 6.45) is 1.72. The maximum Gasteiger partial charge on any atom is 0.320 e. The summed E-state index contributed by atoms with van der Waals surface area (Å²) in [5.41, 5.74) is 0.427. The largest absolute Gasteiger partial charge is 0.493 e. The van der Waals surface area contributed by atoms with Gasteiger partial charge in [0.2, 0.25) is 0 Å². The van der Waals surface area contributed by atoms with Crippen LogP contribution in [-0.4, -0.2) is 30.3 Å². The molecule has 3 rings (SSSR count). The van der Waals surface area contributed by atoms with Crippen molar-refractivity contribution in [1.82, 2.24) is 10.2 Å². The molecular formula is C15H20N2O3. The zero-order chi connectivity index (χ0) is 14.3. The number of hydrogen-bond donors (Lipinski definition) is 1. The van der Waals surface area contributed by atoms with E-state index in [1.165, 1.54) is 0 Å². The summed E-state index contributed by atoms with van der Waals surface area (Å²) in [5, 5.41) is 3.01. The van der Waals surface area contributed by atoms with Gasteiger partial charge >= 0.3 is 6.03 Å². The Kier molecular flexibility index (Phi) is 3.00. The van der Waals surface area contributed by atoms with Crippen molar-refractivity contribution in [2.45, 2.75) is 38.5 Å². The Morgan fingerprint density at radius 2 is 2.35 bits per heavy atom. The highest BCUT2D eigenvalue weighted by Crippen LogP contribution is 2.44. The fraction of sp³-hybridized carbons (Fsp3) is 0.533. The zero-order valence-corrected chi connectivity index (χ0v) is 12.1. The van der Waals surface area contributed by atoms with Crippen molar-refractivity contribution in [3.05, 3.63) is 23.8 Å². The molecule has 0 aromatic heterocycles. The summed E-state index contributed by atoms with van der Waals surface area (Å²) in [5.74, 6) is 1.60. The maximum absolute atomic E-state index is 11.9. The van der Waals surface area contributed by atoms with Crippen molar-refractivity contribution in [2.75, 3.05) is 13.7 Å². The highest BCUT2D eigenvalue weighted by atomic mass is 16.5. The lowest BCUT2D eigenvalue weighted by Crippen LogP contribution is -2.63. The van der Waals surface area contributed by atoms with E-state index in [1.54, 1.807) is 11.9 Å². The lowest BCUT2D eigenvalue weighted by molar-refractivity contribution is -0.0719. The minimum absolute atomic E-state index is 0.00711. The van der Waals surface area contributed by atoms with Gasteiger partial charge in [-0.25, -0.2) is 4.79 Å². The summed E-state index contributed by atoms with van der Waals surface area (Å²) in [6, 6.07) is 5.75.